The normalized spacial score (nSPS) is 52.4. The molecule has 0 aromatic heterocycles. The van der Waals surface area contributed by atoms with E-state index in [-0.39, 0.29) is 52.1 Å². The molecule has 3 heterocycles. The van der Waals surface area contributed by atoms with Gasteiger partial charge in [-0.15, -0.1) is 0 Å². The maximum absolute atomic E-state index is 15.4. The molecule has 0 aromatic rings. The van der Waals surface area contributed by atoms with E-state index in [9.17, 15) is 40.5 Å². The highest BCUT2D eigenvalue weighted by Gasteiger charge is 2.69. The molecule has 0 spiro atoms. The topological polar surface area (TPSA) is 269 Å². The van der Waals surface area contributed by atoms with Gasteiger partial charge in [-0.3, -0.25) is 9.59 Å². The molecule has 0 radical (unpaired) electrons. The van der Waals surface area contributed by atoms with Gasteiger partial charge in [-0.1, -0.05) is 60.1 Å². The number of hydrogen-bond donors (Lipinski definition) is 9. The summed E-state index contributed by atoms with van der Waals surface area (Å²) in [6, 6.07) is -1.30. The second-order valence-corrected chi connectivity index (χ2v) is 23.4. The van der Waals surface area contributed by atoms with Crippen molar-refractivity contribution >= 4 is 11.9 Å². The van der Waals surface area contributed by atoms with Crippen LogP contribution in [-0.2, 0) is 38.0 Å². The van der Waals surface area contributed by atoms with Crippen LogP contribution in [0.2, 0.25) is 0 Å². The summed E-state index contributed by atoms with van der Waals surface area (Å²) in [6.07, 6.45) is -7.25. The zero-order chi connectivity index (χ0) is 48.1. The summed E-state index contributed by atoms with van der Waals surface area (Å²) in [6.45, 7) is 16.3. The van der Waals surface area contributed by atoms with Crippen molar-refractivity contribution in [3.05, 3.63) is 11.6 Å². The second-order valence-electron chi connectivity index (χ2n) is 23.4. The SMILES string of the molecule is CC1O[C@@H](OC2C(O)[C@@H](NC(=O)CN)C(CO)O[C@H]2OC(=O)[C@]23CCC(C)(C)CC2C2=CCC4C5(C)CC[C@H](O)C(C)[C@@H]5CC[C@]4(C)[C@]2(C)CC3)C(O)C(O)[C@H]1O[C@@H]1OC[C@@H](C)C(O)C1O. The molecule has 0 aromatic carbocycles. The summed E-state index contributed by atoms with van der Waals surface area (Å²) >= 11 is 0. The van der Waals surface area contributed by atoms with Crippen LogP contribution in [0.4, 0.5) is 0 Å². The number of nitrogens with two attached hydrogens (primary N) is 1. The zero-order valence-corrected chi connectivity index (χ0v) is 40.2. The highest BCUT2D eigenvalue weighted by molar-refractivity contribution is 5.79. The van der Waals surface area contributed by atoms with E-state index >= 15 is 4.79 Å². The van der Waals surface area contributed by atoms with Crippen molar-refractivity contribution in [2.75, 3.05) is 19.8 Å². The van der Waals surface area contributed by atoms with Gasteiger partial charge in [-0.05, 0) is 116 Å². The summed E-state index contributed by atoms with van der Waals surface area (Å²) in [4.78, 5) is 28.0. The van der Waals surface area contributed by atoms with Gasteiger partial charge in [0.05, 0.1) is 49.5 Å². The Hall–Kier alpha value is -1.84. The molecule has 5 aliphatic carbocycles. The molecule has 3 saturated heterocycles. The standard InChI is InChI=1S/C49H80N2O15/c1-23-22-61-41(37(58)34(23)55)64-39-25(3)62-42(38(59)36(39)57)65-40-35(56)33(51-32(54)20-50)30(21-52)63-43(40)66-44(60)49-17-15-45(4,5)19-28(49)27-9-10-31-46(6)13-12-29(53)24(2)26(46)11-14-48(31,8)47(27,7)16-18-49/h9,23-26,28-31,33-43,52-53,55-59H,10-22,50H2,1-8H3,(H,51,54)/t23-,24?,25?,26+,28?,29+,30?,31?,33+,34?,35?,36?,37?,38?,39+,40?,41+,42+,43+,46?,47-,48+,49+/m1/s1. The minimum atomic E-state index is -1.82. The van der Waals surface area contributed by atoms with E-state index in [0.717, 1.165) is 51.4 Å². The second kappa shape index (κ2) is 18.4. The maximum Gasteiger partial charge on any atom is 0.315 e. The molecule has 1 amide bonds. The van der Waals surface area contributed by atoms with Crippen molar-refractivity contribution < 1.29 is 73.8 Å². The fourth-order valence-corrected chi connectivity index (χ4v) is 14.9. The van der Waals surface area contributed by atoms with Crippen LogP contribution in [0.15, 0.2) is 11.6 Å². The lowest BCUT2D eigenvalue weighted by Crippen LogP contribution is -2.68. The first-order valence-corrected chi connectivity index (χ1v) is 24.8. The fourth-order valence-electron chi connectivity index (χ4n) is 14.9. The molecule has 10 N–H and O–H groups in total. The third kappa shape index (κ3) is 8.22. The van der Waals surface area contributed by atoms with Crippen molar-refractivity contribution in [3.63, 3.8) is 0 Å². The van der Waals surface area contributed by atoms with E-state index in [2.05, 4.69) is 52.9 Å². The van der Waals surface area contributed by atoms with E-state index in [1.165, 1.54) is 12.5 Å². The summed E-state index contributed by atoms with van der Waals surface area (Å²) in [7, 11) is 0. The predicted molar refractivity (Wildman–Crippen MR) is 236 cm³/mol. The molecule has 23 atom stereocenters. The Morgan fingerprint density at radius 3 is 2.18 bits per heavy atom. The van der Waals surface area contributed by atoms with Crippen molar-refractivity contribution in [3.8, 4) is 0 Å². The van der Waals surface area contributed by atoms with Gasteiger partial charge in [0, 0.05) is 5.92 Å². The largest absolute Gasteiger partial charge is 0.432 e. The summed E-state index contributed by atoms with van der Waals surface area (Å²) < 4.78 is 36.5. The highest BCUT2D eigenvalue weighted by atomic mass is 16.8. The van der Waals surface area contributed by atoms with Crippen molar-refractivity contribution in [1.29, 1.82) is 0 Å². The van der Waals surface area contributed by atoms with Crippen LogP contribution in [0.1, 0.15) is 120 Å². The fraction of sp³-hybridized carbons (Fsp3) is 0.918. The Bertz CT molecular complexity index is 1820. The highest BCUT2D eigenvalue weighted by Crippen LogP contribution is 2.75. The van der Waals surface area contributed by atoms with Gasteiger partial charge >= 0.3 is 5.97 Å². The van der Waals surface area contributed by atoms with E-state index in [1.54, 1.807) is 6.92 Å². The van der Waals surface area contributed by atoms with Gasteiger partial charge in [-0.2, -0.15) is 0 Å². The minimum Gasteiger partial charge on any atom is -0.432 e. The minimum absolute atomic E-state index is 0.0372. The first kappa shape index (κ1) is 50.5. The van der Waals surface area contributed by atoms with Crippen LogP contribution in [-0.4, -0.2) is 153 Å². The van der Waals surface area contributed by atoms with E-state index in [0.29, 0.717) is 24.7 Å². The first-order valence-electron chi connectivity index (χ1n) is 24.8. The van der Waals surface area contributed by atoms with Crippen LogP contribution >= 0.6 is 0 Å². The smallest absolute Gasteiger partial charge is 0.315 e. The van der Waals surface area contributed by atoms with Crippen LogP contribution < -0.4 is 11.1 Å². The molecule has 12 unspecified atom stereocenters. The van der Waals surface area contributed by atoms with E-state index in [1.807, 2.05) is 0 Å². The third-order valence-corrected chi connectivity index (χ3v) is 19.3. The number of rotatable bonds is 9. The molecule has 17 heteroatoms. The molecule has 3 aliphatic heterocycles. The van der Waals surface area contributed by atoms with Gasteiger partial charge < -0.3 is 75.2 Å². The van der Waals surface area contributed by atoms with Gasteiger partial charge in [0.15, 0.2) is 18.7 Å². The molecule has 4 saturated carbocycles. The van der Waals surface area contributed by atoms with Crippen molar-refractivity contribution in [2.45, 2.75) is 206 Å². The molecular weight excluding hydrogens is 857 g/mol. The van der Waals surface area contributed by atoms with Crippen LogP contribution in [0.5, 0.6) is 0 Å². The number of fused-ring (bicyclic) bond motifs is 7. The number of allylic oxidation sites excluding steroid dienone is 2. The molecule has 376 valence electrons. The first-order chi connectivity index (χ1) is 31.0. The number of ether oxygens (including phenoxy) is 6. The average molecular weight is 937 g/mol. The van der Waals surface area contributed by atoms with Gasteiger partial charge in [0.1, 0.15) is 36.6 Å². The number of esters is 1. The Labute approximate surface area is 389 Å². The monoisotopic (exact) mass is 937 g/mol. The van der Waals surface area contributed by atoms with Gasteiger partial charge in [-0.25, -0.2) is 0 Å². The van der Waals surface area contributed by atoms with Gasteiger partial charge in [0.2, 0.25) is 12.2 Å². The molecule has 8 aliphatic rings. The van der Waals surface area contributed by atoms with E-state index in [4.69, 9.17) is 34.2 Å². The Balaban J connectivity index is 1.07. The lowest BCUT2D eigenvalue weighted by Gasteiger charge is -2.70. The predicted octanol–water partition coefficient (Wildman–Crippen LogP) is 1.77. The molecule has 8 rings (SSSR count). The molecular formula is C49H80N2O15. The quantitative estimate of drug-likeness (QED) is 0.118. The third-order valence-electron chi connectivity index (χ3n) is 19.3. The molecule has 0 bridgehead atoms. The summed E-state index contributed by atoms with van der Waals surface area (Å²) in [5, 5.41) is 80.1. The van der Waals surface area contributed by atoms with Crippen LogP contribution in [0.25, 0.3) is 0 Å². The van der Waals surface area contributed by atoms with Crippen molar-refractivity contribution in [2.24, 2.45) is 62.4 Å². The number of hydrogen-bond acceptors (Lipinski definition) is 16. The number of nitrogens with one attached hydrogen (secondary N) is 1. The lowest BCUT2D eigenvalue weighted by atomic mass is 9.34. The number of aliphatic hydroxyl groups is 7. The summed E-state index contributed by atoms with van der Waals surface area (Å²) in [5.41, 5.74) is 5.75. The maximum atomic E-state index is 15.4. The lowest BCUT2D eigenvalue weighted by molar-refractivity contribution is -0.368. The van der Waals surface area contributed by atoms with E-state index < -0.39 is 110 Å². The number of aliphatic hydroxyl groups excluding tert-OH is 7. The van der Waals surface area contributed by atoms with Crippen molar-refractivity contribution in [1.82, 2.24) is 5.32 Å². The Morgan fingerprint density at radius 1 is 0.803 bits per heavy atom. The number of carbonyl (C=O) groups excluding carboxylic acids is 2. The summed E-state index contributed by atoms with van der Waals surface area (Å²) in [5.74, 6) is -0.601. The Kier molecular flexibility index (Phi) is 14.1. The van der Waals surface area contributed by atoms with Crippen LogP contribution in [0, 0.1) is 56.7 Å². The van der Waals surface area contributed by atoms with Crippen LogP contribution in [0.3, 0.4) is 0 Å². The molecule has 66 heavy (non-hydrogen) atoms. The number of amides is 1. The average Bonchev–Trinajstić information content (AvgIpc) is 3.27. The number of carbonyl (C=O) groups is 2. The molecule has 17 nitrogen and oxygen atoms in total. The molecule has 7 fully saturated rings. The Morgan fingerprint density at radius 2 is 1.48 bits per heavy atom. The zero-order valence-electron chi connectivity index (χ0n) is 40.2. The van der Waals surface area contributed by atoms with Gasteiger partial charge in [0.25, 0.3) is 0 Å².